The molecule has 0 spiro atoms. The average Bonchev–Trinajstić information content (AvgIpc) is 1.90. The Labute approximate surface area is 62.1 Å². The standard InChI is InChI=1S/C5H8BrN3/c6-4-1-2-5(9-7)8-3-4/h1-3,5,8-9H,7H2. The monoisotopic (exact) mass is 189 g/mol. The SMILES string of the molecule is NNC1C=CC(Br)=CN1. The molecule has 3 nitrogen and oxygen atoms in total. The summed E-state index contributed by atoms with van der Waals surface area (Å²) in [6.07, 6.45) is 5.75. The highest BCUT2D eigenvalue weighted by molar-refractivity contribution is 9.11. The normalized spacial score (nSPS) is 25.1. The van der Waals surface area contributed by atoms with Crippen LogP contribution < -0.4 is 16.6 Å². The zero-order chi connectivity index (χ0) is 6.69. The Hall–Kier alpha value is -0.320. The van der Waals surface area contributed by atoms with E-state index in [9.17, 15) is 0 Å². The highest BCUT2D eigenvalue weighted by Crippen LogP contribution is 2.08. The van der Waals surface area contributed by atoms with E-state index in [1.807, 2.05) is 18.4 Å². The quantitative estimate of drug-likeness (QED) is 0.408. The lowest BCUT2D eigenvalue weighted by molar-refractivity contribution is 0.567. The van der Waals surface area contributed by atoms with Crippen LogP contribution in [-0.4, -0.2) is 6.17 Å². The van der Waals surface area contributed by atoms with E-state index >= 15 is 0 Å². The molecule has 1 heterocycles. The van der Waals surface area contributed by atoms with Crippen molar-refractivity contribution in [1.82, 2.24) is 10.7 Å². The van der Waals surface area contributed by atoms with Crippen LogP contribution in [0.1, 0.15) is 0 Å². The average molecular weight is 190 g/mol. The Morgan fingerprint density at radius 3 is 3.00 bits per heavy atom. The first-order chi connectivity index (χ1) is 4.33. The summed E-state index contributed by atoms with van der Waals surface area (Å²) in [4.78, 5) is 0. The van der Waals surface area contributed by atoms with Crippen LogP contribution in [0, 0.1) is 0 Å². The minimum atomic E-state index is 0.0614. The first-order valence-electron chi connectivity index (χ1n) is 2.59. The van der Waals surface area contributed by atoms with Crippen molar-refractivity contribution in [3.8, 4) is 0 Å². The maximum atomic E-state index is 5.14. The topological polar surface area (TPSA) is 50.1 Å². The summed E-state index contributed by atoms with van der Waals surface area (Å²) in [5.41, 5.74) is 2.56. The van der Waals surface area contributed by atoms with Gasteiger partial charge in [0, 0.05) is 10.7 Å². The van der Waals surface area contributed by atoms with Crippen molar-refractivity contribution in [3.63, 3.8) is 0 Å². The van der Waals surface area contributed by atoms with Crippen LogP contribution in [-0.2, 0) is 0 Å². The fourth-order valence-corrected chi connectivity index (χ4v) is 0.850. The molecule has 0 saturated heterocycles. The molecule has 1 unspecified atom stereocenters. The summed E-state index contributed by atoms with van der Waals surface area (Å²) in [5, 5.41) is 2.99. The van der Waals surface area contributed by atoms with E-state index in [1.54, 1.807) is 0 Å². The van der Waals surface area contributed by atoms with Gasteiger partial charge in [-0.1, -0.05) is 0 Å². The van der Waals surface area contributed by atoms with Crippen LogP contribution in [0.15, 0.2) is 22.8 Å². The molecule has 0 radical (unpaired) electrons. The molecular weight excluding hydrogens is 182 g/mol. The fraction of sp³-hybridized carbons (Fsp3) is 0.200. The van der Waals surface area contributed by atoms with Crippen molar-refractivity contribution < 1.29 is 0 Å². The number of allylic oxidation sites excluding steroid dienone is 2. The summed E-state index contributed by atoms with van der Waals surface area (Å²) < 4.78 is 1.02. The molecule has 1 aliphatic rings. The van der Waals surface area contributed by atoms with Gasteiger partial charge >= 0.3 is 0 Å². The van der Waals surface area contributed by atoms with Gasteiger partial charge in [-0.2, -0.15) is 0 Å². The summed E-state index contributed by atoms with van der Waals surface area (Å²) in [7, 11) is 0. The first kappa shape index (κ1) is 6.80. The predicted molar refractivity (Wildman–Crippen MR) is 40.4 cm³/mol. The Balaban J connectivity index is 2.48. The van der Waals surface area contributed by atoms with Crippen LogP contribution in [0.4, 0.5) is 0 Å². The zero-order valence-corrected chi connectivity index (χ0v) is 6.35. The lowest BCUT2D eigenvalue weighted by atomic mass is 10.3. The van der Waals surface area contributed by atoms with Crippen molar-refractivity contribution in [3.05, 3.63) is 22.8 Å². The molecule has 0 fully saturated rings. The van der Waals surface area contributed by atoms with Crippen LogP contribution in [0.3, 0.4) is 0 Å². The summed E-state index contributed by atoms with van der Waals surface area (Å²) in [6, 6.07) is 0. The maximum Gasteiger partial charge on any atom is 0.108 e. The molecule has 0 aliphatic carbocycles. The molecule has 0 aromatic carbocycles. The van der Waals surface area contributed by atoms with Crippen LogP contribution in [0.25, 0.3) is 0 Å². The third kappa shape index (κ3) is 1.82. The van der Waals surface area contributed by atoms with Gasteiger partial charge in [-0.05, 0) is 28.1 Å². The number of rotatable bonds is 1. The van der Waals surface area contributed by atoms with Gasteiger partial charge in [-0.15, -0.1) is 0 Å². The largest absolute Gasteiger partial charge is 0.371 e. The molecule has 0 bridgehead atoms. The molecule has 1 rings (SSSR count). The van der Waals surface area contributed by atoms with Crippen LogP contribution in [0.5, 0.6) is 0 Å². The Morgan fingerprint density at radius 2 is 2.56 bits per heavy atom. The van der Waals surface area contributed by atoms with E-state index in [0.717, 1.165) is 4.48 Å². The number of hydrogen-bond donors (Lipinski definition) is 3. The van der Waals surface area contributed by atoms with Crippen LogP contribution >= 0.6 is 15.9 Å². The number of halogens is 1. The lowest BCUT2D eigenvalue weighted by Crippen LogP contribution is -2.43. The van der Waals surface area contributed by atoms with E-state index in [1.165, 1.54) is 0 Å². The molecule has 1 aliphatic heterocycles. The van der Waals surface area contributed by atoms with Crippen molar-refractivity contribution >= 4 is 15.9 Å². The van der Waals surface area contributed by atoms with Gasteiger partial charge in [0.1, 0.15) is 6.17 Å². The van der Waals surface area contributed by atoms with Gasteiger partial charge in [-0.25, -0.2) is 5.43 Å². The summed E-state index contributed by atoms with van der Waals surface area (Å²) >= 11 is 3.29. The second-order valence-electron chi connectivity index (χ2n) is 1.70. The number of dihydropyridines is 1. The van der Waals surface area contributed by atoms with Crippen LogP contribution in [0.2, 0.25) is 0 Å². The fourth-order valence-electron chi connectivity index (χ4n) is 0.565. The van der Waals surface area contributed by atoms with Crippen molar-refractivity contribution in [2.45, 2.75) is 6.17 Å². The van der Waals surface area contributed by atoms with Gasteiger partial charge in [0.05, 0.1) is 0 Å². The Kier molecular flexibility index (Phi) is 2.27. The van der Waals surface area contributed by atoms with E-state index in [4.69, 9.17) is 5.84 Å². The number of nitrogens with one attached hydrogen (secondary N) is 2. The van der Waals surface area contributed by atoms with Crippen molar-refractivity contribution in [1.29, 1.82) is 0 Å². The molecule has 1 atom stereocenters. The smallest absolute Gasteiger partial charge is 0.108 e. The molecule has 0 aromatic heterocycles. The molecule has 0 saturated carbocycles. The third-order valence-corrected chi connectivity index (χ3v) is 1.52. The molecule has 4 N–H and O–H groups in total. The minimum absolute atomic E-state index is 0.0614. The van der Waals surface area contributed by atoms with Crippen molar-refractivity contribution in [2.75, 3.05) is 0 Å². The minimum Gasteiger partial charge on any atom is -0.371 e. The molecule has 50 valence electrons. The first-order valence-corrected chi connectivity index (χ1v) is 3.38. The van der Waals surface area contributed by atoms with Gasteiger partial charge in [0.15, 0.2) is 0 Å². The predicted octanol–water partition coefficient (Wildman–Crippen LogP) is 0.172. The van der Waals surface area contributed by atoms with Gasteiger partial charge in [-0.3, -0.25) is 5.84 Å². The third-order valence-electron chi connectivity index (χ3n) is 1.03. The van der Waals surface area contributed by atoms with E-state index < -0.39 is 0 Å². The highest BCUT2D eigenvalue weighted by Gasteiger charge is 2.00. The summed E-state index contributed by atoms with van der Waals surface area (Å²) in [6.45, 7) is 0. The zero-order valence-electron chi connectivity index (χ0n) is 4.76. The lowest BCUT2D eigenvalue weighted by Gasteiger charge is -2.14. The number of hydrazine groups is 1. The maximum absolute atomic E-state index is 5.14. The van der Waals surface area contributed by atoms with Gasteiger partial charge in [0.25, 0.3) is 0 Å². The molecule has 0 amide bonds. The molecular formula is C5H8BrN3. The molecule has 9 heavy (non-hydrogen) atoms. The van der Waals surface area contributed by atoms with Gasteiger partial charge < -0.3 is 5.32 Å². The highest BCUT2D eigenvalue weighted by atomic mass is 79.9. The van der Waals surface area contributed by atoms with Crippen molar-refractivity contribution in [2.24, 2.45) is 5.84 Å². The number of nitrogens with two attached hydrogens (primary N) is 1. The van der Waals surface area contributed by atoms with E-state index in [-0.39, 0.29) is 6.17 Å². The number of hydrogen-bond acceptors (Lipinski definition) is 3. The molecule has 0 aromatic rings. The summed E-state index contributed by atoms with van der Waals surface area (Å²) in [5.74, 6) is 5.14. The second-order valence-corrected chi connectivity index (χ2v) is 2.62. The molecule has 4 heteroatoms. The Morgan fingerprint density at radius 1 is 1.78 bits per heavy atom. The van der Waals surface area contributed by atoms with E-state index in [0.29, 0.717) is 0 Å². The van der Waals surface area contributed by atoms with Gasteiger partial charge in [0.2, 0.25) is 0 Å². The second kappa shape index (κ2) is 3.00. The van der Waals surface area contributed by atoms with E-state index in [2.05, 4.69) is 26.7 Å². The Bertz CT molecular complexity index is 152.